The first-order chi connectivity index (χ1) is 9.60. The normalized spacial score (nSPS) is 12.4. The third-order valence-corrected chi connectivity index (χ3v) is 3.76. The molecular weight excluding hydrogens is 249 g/mol. The van der Waals surface area contributed by atoms with Crippen LogP contribution >= 0.6 is 0 Å². The second kappa shape index (κ2) is 6.67. The molecule has 0 amide bonds. The Balaban J connectivity index is 2.09. The summed E-state index contributed by atoms with van der Waals surface area (Å²) in [6, 6.07) is 13.9. The van der Waals surface area contributed by atoms with Crippen LogP contribution in [0.5, 0.6) is 0 Å². The standard InChI is InChI=1S/C18H22FN/c1-13-5-4-6-15(11-13)7-10-18(20-3)17-9-8-16(19)12-14(17)2/h4-6,8-9,11-12,18,20H,7,10H2,1-3H3. The van der Waals surface area contributed by atoms with Crippen molar-refractivity contribution in [3.05, 3.63) is 70.5 Å². The number of hydrogen-bond donors (Lipinski definition) is 1. The van der Waals surface area contributed by atoms with Gasteiger partial charge in [-0.2, -0.15) is 0 Å². The Morgan fingerprint density at radius 3 is 2.55 bits per heavy atom. The maximum absolute atomic E-state index is 13.2. The SMILES string of the molecule is CNC(CCc1cccc(C)c1)c1ccc(F)cc1C. The Morgan fingerprint density at radius 2 is 1.90 bits per heavy atom. The summed E-state index contributed by atoms with van der Waals surface area (Å²) in [7, 11) is 1.96. The Bertz CT molecular complexity index is 577. The zero-order chi connectivity index (χ0) is 14.5. The molecule has 1 unspecified atom stereocenters. The number of halogens is 1. The van der Waals surface area contributed by atoms with E-state index in [-0.39, 0.29) is 11.9 Å². The second-order valence-corrected chi connectivity index (χ2v) is 5.37. The van der Waals surface area contributed by atoms with Gasteiger partial charge in [0.15, 0.2) is 0 Å². The van der Waals surface area contributed by atoms with Crippen LogP contribution < -0.4 is 5.32 Å². The summed E-state index contributed by atoms with van der Waals surface area (Å²) in [5, 5.41) is 3.34. The molecule has 1 N–H and O–H groups in total. The van der Waals surface area contributed by atoms with Gasteiger partial charge in [-0.15, -0.1) is 0 Å². The molecule has 0 bridgehead atoms. The van der Waals surface area contributed by atoms with Crippen molar-refractivity contribution in [3.63, 3.8) is 0 Å². The van der Waals surface area contributed by atoms with Gasteiger partial charge in [0, 0.05) is 6.04 Å². The van der Waals surface area contributed by atoms with Crippen LogP contribution in [0.1, 0.15) is 34.7 Å². The number of nitrogens with one attached hydrogen (secondary N) is 1. The predicted molar refractivity (Wildman–Crippen MR) is 82.4 cm³/mol. The Kier molecular flexibility index (Phi) is 4.91. The van der Waals surface area contributed by atoms with E-state index < -0.39 is 0 Å². The molecule has 0 aliphatic rings. The molecular formula is C18H22FN. The summed E-state index contributed by atoms with van der Waals surface area (Å²) in [5.74, 6) is -0.167. The largest absolute Gasteiger partial charge is 0.313 e. The van der Waals surface area contributed by atoms with Crippen molar-refractivity contribution in [2.75, 3.05) is 7.05 Å². The molecule has 0 fully saturated rings. The van der Waals surface area contributed by atoms with Crippen LogP contribution in [0.25, 0.3) is 0 Å². The quantitative estimate of drug-likeness (QED) is 0.853. The van der Waals surface area contributed by atoms with Gasteiger partial charge in [-0.3, -0.25) is 0 Å². The van der Waals surface area contributed by atoms with E-state index in [1.165, 1.54) is 16.7 Å². The smallest absolute Gasteiger partial charge is 0.123 e. The maximum atomic E-state index is 13.2. The first-order valence-corrected chi connectivity index (χ1v) is 7.09. The van der Waals surface area contributed by atoms with Crippen LogP contribution in [0, 0.1) is 19.7 Å². The number of hydrogen-bond acceptors (Lipinski definition) is 1. The highest BCUT2D eigenvalue weighted by Gasteiger charge is 2.12. The monoisotopic (exact) mass is 271 g/mol. The van der Waals surface area contributed by atoms with Gasteiger partial charge in [-0.25, -0.2) is 4.39 Å². The van der Waals surface area contributed by atoms with E-state index in [0.717, 1.165) is 18.4 Å². The molecule has 0 aromatic heterocycles. The molecule has 0 spiro atoms. The van der Waals surface area contributed by atoms with Crippen LogP contribution in [0.2, 0.25) is 0 Å². The molecule has 0 radical (unpaired) electrons. The molecule has 2 rings (SSSR count). The molecule has 1 atom stereocenters. The lowest BCUT2D eigenvalue weighted by atomic mass is 9.95. The summed E-state index contributed by atoms with van der Waals surface area (Å²) in [6.45, 7) is 4.08. The summed E-state index contributed by atoms with van der Waals surface area (Å²) in [4.78, 5) is 0. The Morgan fingerprint density at radius 1 is 1.10 bits per heavy atom. The van der Waals surface area contributed by atoms with E-state index in [1.807, 2.05) is 20.0 Å². The minimum atomic E-state index is -0.167. The van der Waals surface area contributed by atoms with E-state index >= 15 is 0 Å². The first kappa shape index (κ1) is 14.7. The average molecular weight is 271 g/mol. The Hall–Kier alpha value is -1.67. The van der Waals surface area contributed by atoms with Gasteiger partial charge in [0.25, 0.3) is 0 Å². The molecule has 1 nitrogen and oxygen atoms in total. The third kappa shape index (κ3) is 3.67. The lowest BCUT2D eigenvalue weighted by molar-refractivity contribution is 0.543. The van der Waals surface area contributed by atoms with Crippen molar-refractivity contribution < 1.29 is 4.39 Å². The molecule has 2 aromatic carbocycles. The molecule has 2 heteroatoms. The van der Waals surface area contributed by atoms with Crippen LogP contribution in [-0.2, 0) is 6.42 Å². The highest BCUT2D eigenvalue weighted by Crippen LogP contribution is 2.23. The van der Waals surface area contributed by atoms with Gasteiger partial charge in [-0.1, -0.05) is 35.9 Å². The van der Waals surface area contributed by atoms with E-state index in [0.29, 0.717) is 0 Å². The zero-order valence-electron chi connectivity index (χ0n) is 12.4. The Labute approximate surface area is 120 Å². The van der Waals surface area contributed by atoms with Crippen LogP contribution in [-0.4, -0.2) is 7.05 Å². The summed E-state index contributed by atoms with van der Waals surface area (Å²) >= 11 is 0. The maximum Gasteiger partial charge on any atom is 0.123 e. The topological polar surface area (TPSA) is 12.0 Å². The average Bonchev–Trinajstić information content (AvgIpc) is 2.41. The molecule has 20 heavy (non-hydrogen) atoms. The van der Waals surface area contributed by atoms with Crippen LogP contribution in [0.3, 0.4) is 0 Å². The molecule has 0 saturated heterocycles. The molecule has 2 aromatic rings. The van der Waals surface area contributed by atoms with Crippen molar-refractivity contribution in [1.82, 2.24) is 5.32 Å². The van der Waals surface area contributed by atoms with E-state index in [1.54, 1.807) is 12.1 Å². The predicted octanol–water partition coefficient (Wildman–Crippen LogP) is 4.34. The lowest BCUT2D eigenvalue weighted by Crippen LogP contribution is -2.18. The summed E-state index contributed by atoms with van der Waals surface area (Å²) in [6.07, 6.45) is 2.02. The fourth-order valence-electron chi connectivity index (χ4n) is 2.66. The van der Waals surface area contributed by atoms with Crippen molar-refractivity contribution in [2.24, 2.45) is 0 Å². The minimum absolute atomic E-state index is 0.167. The molecule has 0 aliphatic carbocycles. The summed E-state index contributed by atoms with van der Waals surface area (Å²) < 4.78 is 13.2. The minimum Gasteiger partial charge on any atom is -0.313 e. The van der Waals surface area contributed by atoms with Gasteiger partial charge in [-0.05, 0) is 62.6 Å². The van der Waals surface area contributed by atoms with E-state index in [4.69, 9.17) is 0 Å². The fraction of sp³-hybridized carbons (Fsp3) is 0.333. The zero-order valence-corrected chi connectivity index (χ0v) is 12.4. The molecule has 0 heterocycles. The van der Waals surface area contributed by atoms with E-state index in [9.17, 15) is 4.39 Å². The highest BCUT2D eigenvalue weighted by molar-refractivity contribution is 5.30. The van der Waals surface area contributed by atoms with Crippen molar-refractivity contribution >= 4 is 0 Å². The number of benzene rings is 2. The van der Waals surface area contributed by atoms with Gasteiger partial charge in [0.2, 0.25) is 0 Å². The molecule has 106 valence electrons. The first-order valence-electron chi connectivity index (χ1n) is 7.09. The van der Waals surface area contributed by atoms with Crippen molar-refractivity contribution in [3.8, 4) is 0 Å². The van der Waals surface area contributed by atoms with Crippen molar-refractivity contribution in [1.29, 1.82) is 0 Å². The van der Waals surface area contributed by atoms with Crippen LogP contribution in [0.15, 0.2) is 42.5 Å². The van der Waals surface area contributed by atoms with E-state index in [2.05, 4.69) is 36.5 Å². The second-order valence-electron chi connectivity index (χ2n) is 5.37. The van der Waals surface area contributed by atoms with Gasteiger partial charge in [0.1, 0.15) is 5.82 Å². The third-order valence-electron chi connectivity index (χ3n) is 3.76. The van der Waals surface area contributed by atoms with Crippen LogP contribution in [0.4, 0.5) is 4.39 Å². The van der Waals surface area contributed by atoms with Gasteiger partial charge < -0.3 is 5.32 Å². The lowest BCUT2D eigenvalue weighted by Gasteiger charge is -2.19. The van der Waals surface area contributed by atoms with Gasteiger partial charge in [0.05, 0.1) is 0 Å². The molecule has 0 aliphatic heterocycles. The van der Waals surface area contributed by atoms with Crippen molar-refractivity contribution in [2.45, 2.75) is 32.7 Å². The highest BCUT2D eigenvalue weighted by atomic mass is 19.1. The summed E-state index contributed by atoms with van der Waals surface area (Å²) in [5.41, 5.74) is 4.83. The molecule has 0 saturated carbocycles. The number of rotatable bonds is 5. The van der Waals surface area contributed by atoms with Gasteiger partial charge >= 0.3 is 0 Å². The number of aryl methyl sites for hydroxylation is 3. The fourth-order valence-corrected chi connectivity index (χ4v) is 2.66.